The van der Waals surface area contributed by atoms with E-state index < -0.39 is 0 Å². The molecule has 2 atom stereocenters. The van der Waals surface area contributed by atoms with Crippen LogP contribution < -0.4 is 31.1 Å². The van der Waals surface area contributed by atoms with Gasteiger partial charge in [-0.05, 0) is 157 Å². The van der Waals surface area contributed by atoms with Crippen molar-refractivity contribution < 1.29 is 0 Å². The minimum Gasteiger partial charge on any atom is -0.334 e. The van der Waals surface area contributed by atoms with Gasteiger partial charge in [0.1, 0.15) is 0 Å². The Balaban J connectivity index is 1.10. The molecule has 5 heterocycles. The molecule has 0 saturated heterocycles. The van der Waals surface area contributed by atoms with E-state index in [-0.39, 0.29) is 23.1 Å². The first kappa shape index (κ1) is 41.6. The van der Waals surface area contributed by atoms with Crippen LogP contribution in [0.3, 0.4) is 0 Å². The minimum absolute atomic E-state index is 0.00960. The number of hydrogen-bond donors (Lipinski definition) is 0. The second-order valence-corrected chi connectivity index (χ2v) is 24.3. The van der Waals surface area contributed by atoms with Gasteiger partial charge in [-0.25, -0.2) is 0 Å². The van der Waals surface area contributed by atoms with Crippen LogP contribution in [-0.4, -0.2) is 12.3 Å². The average molecular weight is 930 g/mol. The quantitative estimate of drug-likeness (QED) is 0.164. The van der Waals surface area contributed by atoms with Crippen molar-refractivity contribution in [3.8, 4) is 0 Å². The fourth-order valence-electron chi connectivity index (χ4n) is 13.9. The lowest BCUT2D eigenvalue weighted by atomic mass is 9.33. The summed E-state index contributed by atoms with van der Waals surface area (Å²) in [5.74, 6) is 0. The highest BCUT2D eigenvalue weighted by Crippen LogP contribution is 2.62. The molecule has 0 amide bonds. The zero-order valence-electron chi connectivity index (χ0n) is 40.9. The van der Waals surface area contributed by atoms with Crippen LogP contribution in [0.4, 0.5) is 45.5 Å². The largest absolute Gasteiger partial charge is 0.334 e. The summed E-state index contributed by atoms with van der Waals surface area (Å²) in [6.07, 6.45) is 4.89. The molecule has 0 N–H and O–H groups in total. The van der Waals surface area contributed by atoms with Gasteiger partial charge in [0, 0.05) is 75.2 Å². The van der Waals surface area contributed by atoms with Crippen molar-refractivity contribution in [3.05, 3.63) is 173 Å². The lowest BCUT2D eigenvalue weighted by molar-refractivity contribution is 0.194. The van der Waals surface area contributed by atoms with Gasteiger partial charge in [-0.15, -0.1) is 22.7 Å². The third kappa shape index (κ3) is 5.62. The van der Waals surface area contributed by atoms with E-state index in [1.54, 1.807) is 5.56 Å². The van der Waals surface area contributed by atoms with Crippen molar-refractivity contribution in [3.63, 3.8) is 0 Å². The number of fused-ring (bicyclic) bond motifs is 13. The van der Waals surface area contributed by atoms with Crippen molar-refractivity contribution in [1.82, 2.24) is 0 Å². The van der Waals surface area contributed by atoms with Gasteiger partial charge in [0.25, 0.3) is 6.71 Å². The summed E-state index contributed by atoms with van der Waals surface area (Å²) in [5.41, 5.74) is 21.2. The lowest BCUT2D eigenvalue weighted by Gasteiger charge is -2.51. The van der Waals surface area contributed by atoms with Crippen LogP contribution >= 0.6 is 22.7 Å². The van der Waals surface area contributed by atoms with Crippen molar-refractivity contribution >= 4 is 132 Å². The summed E-state index contributed by atoms with van der Waals surface area (Å²) in [4.78, 5) is 8.13. The first-order chi connectivity index (χ1) is 33.3. The van der Waals surface area contributed by atoms with Crippen molar-refractivity contribution in [2.24, 2.45) is 0 Å². The molecule has 14 rings (SSSR count). The molecule has 6 heteroatoms. The van der Waals surface area contributed by atoms with E-state index in [0.29, 0.717) is 0 Å². The van der Waals surface area contributed by atoms with E-state index in [0.717, 1.165) is 6.42 Å². The van der Waals surface area contributed by atoms with Crippen molar-refractivity contribution in [1.29, 1.82) is 0 Å². The zero-order valence-corrected chi connectivity index (χ0v) is 42.6. The number of benzene rings is 8. The molecule has 0 bridgehead atoms. The van der Waals surface area contributed by atoms with E-state index in [1.807, 2.05) is 22.7 Å². The topological polar surface area (TPSA) is 9.72 Å². The van der Waals surface area contributed by atoms with E-state index in [4.69, 9.17) is 0 Å². The molecule has 2 aromatic heterocycles. The van der Waals surface area contributed by atoms with Crippen LogP contribution in [0.25, 0.3) is 40.3 Å². The highest BCUT2D eigenvalue weighted by Gasteiger charge is 2.58. The molecule has 1 aliphatic carbocycles. The molecule has 1 fully saturated rings. The van der Waals surface area contributed by atoms with E-state index >= 15 is 0 Å². The Morgan fingerprint density at radius 3 is 1.97 bits per heavy atom. The molecular weight excluding hydrogens is 874 g/mol. The van der Waals surface area contributed by atoms with Crippen LogP contribution in [0.1, 0.15) is 88.1 Å². The van der Waals surface area contributed by atoms with Crippen molar-refractivity contribution in [2.75, 3.05) is 14.7 Å². The standard InChI is InChI=1S/C63H56BN3S2/c1-37-31-39(3)58-51(32-37)67(63(8)30-14-13-29-62(58,63)7)41-26-27-45-50(36-41)66(49-21-15-19-43-42-17-9-11-22-54(42)69-60(43)49)53-34-38(2)33-52-59(53)64(45)46-35-40(61(4,5)6)25-28-47(46)65(52)48-20-16-24-56-57(48)44-18-10-12-23-55(44)68-56/h9-12,15-28,31-36H,13-14,29-30H2,1-8H3. The Morgan fingerprint density at radius 2 is 1.17 bits per heavy atom. The smallest absolute Gasteiger partial charge is 0.252 e. The Hall–Kier alpha value is -6.34. The van der Waals surface area contributed by atoms with Gasteiger partial charge in [0.2, 0.25) is 0 Å². The van der Waals surface area contributed by atoms with Gasteiger partial charge in [0.05, 0.1) is 21.6 Å². The van der Waals surface area contributed by atoms with Crippen LogP contribution in [-0.2, 0) is 10.8 Å². The Kier molecular flexibility index (Phi) is 8.67. The minimum atomic E-state index is -0.0700. The Bertz CT molecular complexity index is 3850. The number of rotatable bonds is 3. The van der Waals surface area contributed by atoms with Gasteiger partial charge < -0.3 is 14.7 Å². The summed E-state index contributed by atoms with van der Waals surface area (Å²) >= 11 is 3.83. The molecule has 0 radical (unpaired) electrons. The summed E-state index contributed by atoms with van der Waals surface area (Å²) in [6, 6.07) is 56.9. The maximum Gasteiger partial charge on any atom is 0.252 e. The van der Waals surface area contributed by atoms with E-state index in [2.05, 4.69) is 216 Å². The number of aryl methyl sites for hydroxylation is 3. The second kappa shape index (κ2) is 14.4. The number of anilines is 8. The second-order valence-electron chi connectivity index (χ2n) is 22.2. The van der Waals surface area contributed by atoms with Crippen LogP contribution in [0, 0.1) is 20.8 Å². The fourth-order valence-corrected chi connectivity index (χ4v) is 16.2. The Labute approximate surface area is 414 Å². The summed E-state index contributed by atoms with van der Waals surface area (Å²) in [7, 11) is 0. The SMILES string of the molecule is Cc1cc2c3c(c1)N(c1cccc4sc5ccccc5c14)c1ccc(C(C)(C)C)cc1B3c1ccc(N3c4cc(C)cc(C)c4C4(C)CCCCC34C)cc1N2c1cccc2c1sc1ccccc12. The molecule has 3 nitrogen and oxygen atoms in total. The molecule has 3 aliphatic heterocycles. The fraction of sp³-hybridized carbons (Fsp3) is 0.238. The Morgan fingerprint density at radius 1 is 0.522 bits per heavy atom. The van der Waals surface area contributed by atoms with Crippen molar-refractivity contribution in [2.45, 2.75) is 97.4 Å². The first-order valence-corrected chi connectivity index (χ1v) is 26.7. The predicted octanol–water partition coefficient (Wildman–Crippen LogP) is 16.5. The predicted molar refractivity (Wildman–Crippen MR) is 302 cm³/mol. The van der Waals surface area contributed by atoms with E-state index in [1.165, 1.54) is 144 Å². The molecule has 1 saturated carbocycles. The summed E-state index contributed by atoms with van der Waals surface area (Å²) in [5, 5.41) is 5.28. The zero-order chi connectivity index (χ0) is 46.9. The molecule has 0 spiro atoms. The molecule has 69 heavy (non-hydrogen) atoms. The molecule has 8 aromatic carbocycles. The van der Waals surface area contributed by atoms with Gasteiger partial charge in [-0.1, -0.05) is 119 Å². The normalized spacial score (nSPS) is 19.4. The highest BCUT2D eigenvalue weighted by molar-refractivity contribution is 7.26. The maximum absolute atomic E-state index is 2.80. The molecule has 10 aromatic rings. The molecule has 4 aliphatic rings. The highest BCUT2D eigenvalue weighted by atomic mass is 32.1. The molecule has 2 unspecified atom stereocenters. The number of hydrogen-bond acceptors (Lipinski definition) is 5. The summed E-state index contributed by atoms with van der Waals surface area (Å²) in [6.45, 7) is 19.2. The molecular formula is C63H56BN3S2. The van der Waals surface area contributed by atoms with Gasteiger partial charge >= 0.3 is 0 Å². The molecule has 338 valence electrons. The van der Waals surface area contributed by atoms with E-state index in [9.17, 15) is 0 Å². The van der Waals surface area contributed by atoms with Gasteiger partial charge in [-0.3, -0.25) is 0 Å². The van der Waals surface area contributed by atoms with Gasteiger partial charge in [0.15, 0.2) is 0 Å². The van der Waals surface area contributed by atoms with Crippen LogP contribution in [0.5, 0.6) is 0 Å². The first-order valence-electron chi connectivity index (χ1n) is 25.1. The van der Waals surface area contributed by atoms with Gasteiger partial charge in [-0.2, -0.15) is 0 Å². The third-order valence-electron chi connectivity index (χ3n) is 17.1. The maximum atomic E-state index is 2.80. The number of thiophene rings is 2. The monoisotopic (exact) mass is 929 g/mol. The van der Waals surface area contributed by atoms with Crippen LogP contribution in [0.15, 0.2) is 146 Å². The van der Waals surface area contributed by atoms with Crippen LogP contribution in [0.2, 0.25) is 0 Å². The summed E-state index contributed by atoms with van der Waals surface area (Å²) < 4.78 is 5.29. The average Bonchev–Trinajstić information content (AvgIpc) is 3.97. The number of nitrogens with zero attached hydrogens (tertiary/aromatic N) is 3. The third-order valence-corrected chi connectivity index (χ3v) is 19.4. The lowest BCUT2D eigenvalue weighted by Crippen LogP contribution is -2.61.